The quantitative estimate of drug-likeness (QED) is 0.553. The number of para-hydroxylation sites is 1. The van der Waals surface area contributed by atoms with Crippen molar-refractivity contribution >= 4 is 38.2 Å². The van der Waals surface area contributed by atoms with E-state index in [9.17, 15) is 9.59 Å². The van der Waals surface area contributed by atoms with Crippen molar-refractivity contribution in [1.82, 2.24) is 9.88 Å². The van der Waals surface area contributed by atoms with Crippen LogP contribution in [0.2, 0.25) is 0 Å². The van der Waals surface area contributed by atoms with Crippen LogP contribution in [-0.2, 0) is 11.3 Å². The number of hydrogen-bond acceptors (Lipinski definition) is 5. The van der Waals surface area contributed by atoms with Gasteiger partial charge in [-0.05, 0) is 19.4 Å². The van der Waals surface area contributed by atoms with Gasteiger partial charge in [-0.2, -0.15) is 0 Å². The third-order valence-corrected chi connectivity index (χ3v) is 5.81. The van der Waals surface area contributed by atoms with Crippen molar-refractivity contribution in [3.63, 3.8) is 0 Å². The molecule has 0 saturated carbocycles. The first-order chi connectivity index (χ1) is 13.6. The van der Waals surface area contributed by atoms with Crippen LogP contribution in [0, 0.1) is 0 Å². The van der Waals surface area contributed by atoms with E-state index in [2.05, 4.69) is 12.2 Å². The van der Waals surface area contributed by atoms with Gasteiger partial charge < -0.3 is 19.4 Å². The summed E-state index contributed by atoms with van der Waals surface area (Å²) >= 11 is 1.31. The Morgan fingerprint density at radius 1 is 1.21 bits per heavy atom. The molecule has 1 aromatic carbocycles. The Labute approximate surface area is 168 Å². The summed E-state index contributed by atoms with van der Waals surface area (Å²) in [4.78, 5) is 26.3. The fraction of sp³-hybridized carbons (Fsp3) is 0.429. The van der Waals surface area contributed by atoms with E-state index in [1.165, 1.54) is 11.3 Å². The second kappa shape index (κ2) is 9.21. The summed E-state index contributed by atoms with van der Waals surface area (Å²) in [5.74, 6) is 0.108. The Morgan fingerprint density at radius 3 is 2.71 bits per heavy atom. The number of aromatic nitrogens is 1. The fourth-order valence-electron chi connectivity index (χ4n) is 3.23. The van der Waals surface area contributed by atoms with E-state index in [4.69, 9.17) is 9.47 Å². The van der Waals surface area contributed by atoms with E-state index < -0.39 is 0 Å². The Hall–Kier alpha value is -2.38. The Bertz CT molecular complexity index is 1040. The predicted octanol–water partition coefficient (Wildman–Crippen LogP) is 3.79. The van der Waals surface area contributed by atoms with E-state index in [0.29, 0.717) is 35.8 Å². The molecule has 1 amide bonds. The summed E-state index contributed by atoms with van der Waals surface area (Å²) in [7, 11) is 1.58. The molecule has 0 aliphatic rings. The molecular formula is C21H26N2O4S. The summed E-state index contributed by atoms with van der Waals surface area (Å²) in [5, 5.41) is 4.09. The Balaban J connectivity index is 2.27. The number of rotatable bonds is 9. The topological polar surface area (TPSA) is 69.6 Å². The van der Waals surface area contributed by atoms with E-state index in [1.54, 1.807) is 11.6 Å². The van der Waals surface area contributed by atoms with E-state index in [0.717, 1.165) is 28.4 Å². The molecule has 7 heteroatoms. The molecule has 1 N–H and O–H groups in total. The number of nitrogens with zero attached hydrogens (tertiary/aromatic N) is 1. The SMILES string of the molecule is CCCCn1c(=O)c2c(OCCOCC)c(C(=O)NC)sc2c2ccccc21. The molecule has 0 atom stereocenters. The first kappa shape index (κ1) is 20.4. The number of nitrogens with one attached hydrogen (secondary N) is 1. The average molecular weight is 403 g/mol. The second-order valence-electron chi connectivity index (χ2n) is 6.42. The highest BCUT2D eigenvalue weighted by Crippen LogP contribution is 2.39. The van der Waals surface area contributed by atoms with Crippen molar-refractivity contribution in [2.75, 3.05) is 26.9 Å². The number of amides is 1. The molecule has 0 fully saturated rings. The van der Waals surface area contributed by atoms with Crippen molar-refractivity contribution in [2.45, 2.75) is 33.2 Å². The summed E-state index contributed by atoms with van der Waals surface area (Å²) in [6, 6.07) is 7.84. The summed E-state index contributed by atoms with van der Waals surface area (Å²) < 4.78 is 13.9. The molecule has 0 saturated heterocycles. The lowest BCUT2D eigenvalue weighted by atomic mass is 10.1. The van der Waals surface area contributed by atoms with E-state index >= 15 is 0 Å². The van der Waals surface area contributed by atoms with Crippen molar-refractivity contribution in [1.29, 1.82) is 0 Å². The zero-order valence-corrected chi connectivity index (χ0v) is 17.4. The van der Waals surface area contributed by atoms with Gasteiger partial charge in [-0.3, -0.25) is 9.59 Å². The fourth-order valence-corrected chi connectivity index (χ4v) is 4.45. The van der Waals surface area contributed by atoms with Gasteiger partial charge >= 0.3 is 0 Å². The van der Waals surface area contributed by atoms with Gasteiger partial charge in [0.15, 0.2) is 5.75 Å². The molecule has 2 heterocycles. The highest BCUT2D eigenvalue weighted by Gasteiger charge is 2.24. The maximum atomic E-state index is 13.4. The lowest BCUT2D eigenvalue weighted by Crippen LogP contribution is -2.22. The van der Waals surface area contributed by atoms with Crippen LogP contribution in [-0.4, -0.2) is 37.3 Å². The smallest absolute Gasteiger partial charge is 0.264 e. The van der Waals surface area contributed by atoms with Gasteiger partial charge in [0.25, 0.3) is 11.5 Å². The molecule has 2 aromatic heterocycles. The van der Waals surface area contributed by atoms with Crippen LogP contribution in [0.25, 0.3) is 21.0 Å². The molecule has 150 valence electrons. The molecule has 0 bridgehead atoms. The van der Waals surface area contributed by atoms with Crippen LogP contribution in [0.4, 0.5) is 0 Å². The second-order valence-corrected chi connectivity index (χ2v) is 7.44. The average Bonchev–Trinajstić information content (AvgIpc) is 3.10. The Morgan fingerprint density at radius 2 is 2.00 bits per heavy atom. The minimum atomic E-state index is -0.254. The maximum absolute atomic E-state index is 13.4. The number of thiophene rings is 1. The van der Waals surface area contributed by atoms with Crippen LogP contribution < -0.4 is 15.6 Å². The normalized spacial score (nSPS) is 11.2. The zero-order chi connectivity index (χ0) is 20.1. The molecule has 6 nitrogen and oxygen atoms in total. The molecule has 0 unspecified atom stereocenters. The number of fused-ring (bicyclic) bond motifs is 3. The van der Waals surface area contributed by atoms with Crippen LogP contribution in [0.5, 0.6) is 5.75 Å². The largest absolute Gasteiger partial charge is 0.489 e. The van der Waals surface area contributed by atoms with Crippen LogP contribution in [0.1, 0.15) is 36.4 Å². The van der Waals surface area contributed by atoms with Gasteiger partial charge in [0.2, 0.25) is 0 Å². The number of pyridine rings is 1. The first-order valence-corrected chi connectivity index (χ1v) is 10.5. The van der Waals surface area contributed by atoms with E-state index in [-0.39, 0.29) is 18.1 Å². The Kier molecular flexibility index (Phi) is 6.70. The number of aryl methyl sites for hydroxylation is 1. The summed E-state index contributed by atoms with van der Waals surface area (Å²) in [6.45, 7) is 5.92. The lowest BCUT2D eigenvalue weighted by molar-refractivity contribution is 0.0951. The van der Waals surface area contributed by atoms with Gasteiger partial charge in [0, 0.05) is 25.6 Å². The van der Waals surface area contributed by atoms with Crippen molar-refractivity contribution < 1.29 is 14.3 Å². The molecule has 3 rings (SSSR count). The minimum absolute atomic E-state index is 0.111. The molecule has 0 aliphatic heterocycles. The first-order valence-electron chi connectivity index (χ1n) is 9.64. The summed E-state index contributed by atoms with van der Waals surface area (Å²) in [6.07, 6.45) is 1.89. The zero-order valence-electron chi connectivity index (χ0n) is 16.5. The van der Waals surface area contributed by atoms with Crippen molar-refractivity contribution in [2.24, 2.45) is 0 Å². The van der Waals surface area contributed by atoms with Gasteiger partial charge in [-0.1, -0.05) is 31.5 Å². The highest BCUT2D eigenvalue weighted by molar-refractivity contribution is 7.22. The molecule has 0 spiro atoms. The lowest BCUT2D eigenvalue weighted by Gasteiger charge is -2.12. The van der Waals surface area contributed by atoms with Gasteiger partial charge in [0.1, 0.15) is 16.9 Å². The third kappa shape index (κ3) is 3.77. The maximum Gasteiger partial charge on any atom is 0.264 e. The van der Waals surface area contributed by atoms with E-state index in [1.807, 2.05) is 31.2 Å². The summed E-state index contributed by atoms with van der Waals surface area (Å²) in [5.41, 5.74) is 0.777. The van der Waals surface area contributed by atoms with Gasteiger partial charge in [-0.25, -0.2) is 0 Å². The number of ether oxygens (including phenoxy) is 2. The predicted molar refractivity (Wildman–Crippen MR) is 114 cm³/mol. The third-order valence-electron chi connectivity index (χ3n) is 4.61. The molecule has 0 radical (unpaired) electrons. The monoisotopic (exact) mass is 402 g/mol. The van der Waals surface area contributed by atoms with Crippen molar-refractivity contribution in [3.8, 4) is 5.75 Å². The molecule has 28 heavy (non-hydrogen) atoms. The number of carbonyl (C=O) groups excluding carboxylic acids is 1. The van der Waals surface area contributed by atoms with Crippen LogP contribution >= 0.6 is 11.3 Å². The van der Waals surface area contributed by atoms with Crippen LogP contribution in [0.3, 0.4) is 0 Å². The number of unbranched alkanes of at least 4 members (excludes halogenated alkanes) is 1. The van der Waals surface area contributed by atoms with Gasteiger partial charge in [-0.15, -0.1) is 11.3 Å². The van der Waals surface area contributed by atoms with Crippen LogP contribution in [0.15, 0.2) is 29.1 Å². The highest BCUT2D eigenvalue weighted by atomic mass is 32.1. The van der Waals surface area contributed by atoms with Gasteiger partial charge in [0.05, 0.1) is 16.8 Å². The standard InChI is InChI=1S/C21H26N2O4S/c1-4-6-11-23-15-10-8-7-9-14(15)18-16(21(23)25)17(27-13-12-26-5-2)19(28-18)20(24)22-3/h7-10H,4-6,11-13H2,1-3H3,(H,22,24). The molecular weight excluding hydrogens is 376 g/mol. The molecule has 3 aromatic rings. The van der Waals surface area contributed by atoms with Crippen molar-refractivity contribution in [3.05, 3.63) is 39.5 Å². The number of carbonyl (C=O) groups is 1. The number of hydrogen-bond donors (Lipinski definition) is 1. The number of benzene rings is 1. The minimum Gasteiger partial charge on any atom is -0.489 e. The molecule has 0 aliphatic carbocycles.